The van der Waals surface area contributed by atoms with Gasteiger partial charge < -0.3 is 10.1 Å². The molecule has 3 rings (SSSR count). The van der Waals surface area contributed by atoms with E-state index in [4.69, 9.17) is 0 Å². The summed E-state index contributed by atoms with van der Waals surface area (Å²) in [5.74, 6) is -0.103. The van der Waals surface area contributed by atoms with Crippen molar-refractivity contribution in [1.82, 2.24) is 9.59 Å². The van der Waals surface area contributed by atoms with E-state index in [0.29, 0.717) is 29.2 Å². The third-order valence-corrected chi connectivity index (χ3v) is 4.33. The van der Waals surface area contributed by atoms with Crippen LogP contribution in [0.2, 0.25) is 0 Å². The number of anilines is 1. The highest BCUT2D eigenvalue weighted by molar-refractivity contribution is 7.08. The molecule has 1 aromatic heterocycles. The molecule has 2 heterocycles. The topological polar surface area (TPSA) is 78.7 Å². The second-order valence-electron chi connectivity index (χ2n) is 4.81. The molecular weight excluding hydrogens is 288 g/mol. The zero-order valence-corrected chi connectivity index (χ0v) is 12.3. The van der Waals surface area contributed by atoms with Crippen LogP contribution in [0.1, 0.15) is 33.8 Å². The molecule has 1 aliphatic rings. The van der Waals surface area contributed by atoms with Gasteiger partial charge in [0.05, 0.1) is 17.1 Å². The molecule has 1 amide bonds. The predicted octanol–water partition coefficient (Wildman–Crippen LogP) is 2.47. The van der Waals surface area contributed by atoms with Gasteiger partial charge in [-0.1, -0.05) is 27.8 Å². The summed E-state index contributed by atoms with van der Waals surface area (Å²) in [4.78, 5) is 15.0. The number of carbonyl (C=O) groups excluding carboxylic acids is 1. The zero-order chi connectivity index (χ0) is 14.8. The number of oxime groups is 1. The van der Waals surface area contributed by atoms with Crippen LogP contribution in [0.3, 0.4) is 0 Å². The van der Waals surface area contributed by atoms with E-state index in [9.17, 15) is 10.0 Å². The zero-order valence-electron chi connectivity index (χ0n) is 11.5. The molecule has 108 valence electrons. The van der Waals surface area contributed by atoms with Gasteiger partial charge in [0.1, 0.15) is 4.88 Å². The number of hydrogen-bond donors (Lipinski definition) is 1. The number of rotatable bonds is 1. The number of nitrogens with zero attached hydrogens (tertiary/aromatic N) is 4. The summed E-state index contributed by atoms with van der Waals surface area (Å²) in [6.07, 6.45) is 1.38. The quantitative estimate of drug-likeness (QED) is 0.648. The minimum atomic E-state index is -0.103. The van der Waals surface area contributed by atoms with Crippen molar-refractivity contribution in [3.05, 3.63) is 40.4 Å². The maximum atomic E-state index is 12.7. The molecule has 2 aromatic rings. The average Bonchev–Trinajstić information content (AvgIpc) is 2.84. The normalized spacial score (nSPS) is 16.6. The van der Waals surface area contributed by atoms with E-state index in [1.807, 2.05) is 24.3 Å². The Balaban J connectivity index is 2.07. The maximum absolute atomic E-state index is 12.7. The Morgan fingerprint density at radius 3 is 2.95 bits per heavy atom. The molecule has 0 radical (unpaired) electrons. The van der Waals surface area contributed by atoms with Gasteiger partial charge >= 0.3 is 0 Å². The lowest BCUT2D eigenvalue weighted by Gasteiger charge is -2.21. The number of fused-ring (bicyclic) bond motifs is 1. The fraction of sp³-hybridized carbons (Fsp3) is 0.286. The minimum absolute atomic E-state index is 0.103. The molecule has 0 bridgehead atoms. The first-order valence-corrected chi connectivity index (χ1v) is 7.41. The Labute approximate surface area is 125 Å². The molecule has 0 unspecified atom stereocenters. The summed E-state index contributed by atoms with van der Waals surface area (Å²) in [5, 5.41) is 16.5. The SMILES string of the molecule is Cc1nnsc1C(=O)N1CCC/C(=N/O)c2ccccc21. The van der Waals surface area contributed by atoms with Crippen LogP contribution in [0.25, 0.3) is 0 Å². The summed E-state index contributed by atoms with van der Waals surface area (Å²) in [6, 6.07) is 7.48. The van der Waals surface area contributed by atoms with Crippen LogP contribution in [-0.4, -0.2) is 33.0 Å². The summed E-state index contributed by atoms with van der Waals surface area (Å²) in [5.41, 5.74) is 2.81. The van der Waals surface area contributed by atoms with Crippen molar-refractivity contribution in [3.8, 4) is 0 Å². The van der Waals surface area contributed by atoms with Gasteiger partial charge in [-0.25, -0.2) is 0 Å². The van der Waals surface area contributed by atoms with Gasteiger partial charge in [-0.3, -0.25) is 4.79 Å². The number of carbonyl (C=O) groups is 1. The molecule has 7 heteroatoms. The van der Waals surface area contributed by atoms with E-state index >= 15 is 0 Å². The highest BCUT2D eigenvalue weighted by Crippen LogP contribution is 2.28. The monoisotopic (exact) mass is 302 g/mol. The Morgan fingerprint density at radius 2 is 2.24 bits per heavy atom. The molecule has 1 aliphatic heterocycles. The van der Waals surface area contributed by atoms with Crippen LogP contribution >= 0.6 is 11.5 Å². The van der Waals surface area contributed by atoms with Crippen LogP contribution in [-0.2, 0) is 0 Å². The van der Waals surface area contributed by atoms with Gasteiger partial charge in [0.2, 0.25) is 0 Å². The van der Waals surface area contributed by atoms with E-state index in [-0.39, 0.29) is 5.91 Å². The van der Waals surface area contributed by atoms with E-state index < -0.39 is 0 Å². The van der Waals surface area contributed by atoms with Crippen molar-refractivity contribution in [2.75, 3.05) is 11.4 Å². The number of aromatic nitrogens is 2. The highest BCUT2D eigenvalue weighted by Gasteiger charge is 2.27. The summed E-state index contributed by atoms with van der Waals surface area (Å²) >= 11 is 1.11. The molecule has 0 aliphatic carbocycles. The van der Waals surface area contributed by atoms with Crippen molar-refractivity contribution in [3.63, 3.8) is 0 Å². The largest absolute Gasteiger partial charge is 0.411 e. The van der Waals surface area contributed by atoms with Crippen LogP contribution in [0.15, 0.2) is 29.4 Å². The first-order valence-electron chi connectivity index (χ1n) is 6.63. The Morgan fingerprint density at radius 1 is 1.43 bits per heavy atom. The van der Waals surface area contributed by atoms with Crippen LogP contribution in [0.5, 0.6) is 0 Å². The van der Waals surface area contributed by atoms with Crippen LogP contribution in [0.4, 0.5) is 5.69 Å². The fourth-order valence-electron chi connectivity index (χ4n) is 2.48. The molecule has 0 saturated heterocycles. The Hall–Kier alpha value is -2.28. The highest BCUT2D eigenvalue weighted by atomic mass is 32.1. The second-order valence-corrected chi connectivity index (χ2v) is 5.57. The molecule has 0 fully saturated rings. The van der Waals surface area contributed by atoms with Crippen LogP contribution in [0, 0.1) is 6.92 Å². The lowest BCUT2D eigenvalue weighted by atomic mass is 10.1. The molecule has 0 saturated carbocycles. The molecular formula is C14H14N4O2S. The van der Waals surface area contributed by atoms with E-state index in [0.717, 1.165) is 29.2 Å². The molecule has 1 N–H and O–H groups in total. The minimum Gasteiger partial charge on any atom is -0.411 e. The fourth-order valence-corrected chi connectivity index (χ4v) is 3.08. The first-order chi connectivity index (χ1) is 10.2. The summed E-state index contributed by atoms with van der Waals surface area (Å²) in [6.45, 7) is 2.35. The van der Waals surface area contributed by atoms with Gasteiger partial charge in [-0.05, 0) is 37.4 Å². The Kier molecular flexibility index (Phi) is 3.66. The number of benzene rings is 1. The molecule has 1 aromatic carbocycles. The number of aryl methyl sites for hydroxylation is 1. The van der Waals surface area contributed by atoms with E-state index in [1.165, 1.54) is 0 Å². The van der Waals surface area contributed by atoms with Gasteiger partial charge in [0, 0.05) is 12.1 Å². The van der Waals surface area contributed by atoms with Gasteiger partial charge in [0.25, 0.3) is 5.91 Å². The van der Waals surface area contributed by atoms with Crippen LogP contribution < -0.4 is 4.90 Å². The van der Waals surface area contributed by atoms with Crippen molar-refractivity contribution in [2.45, 2.75) is 19.8 Å². The third-order valence-electron chi connectivity index (χ3n) is 3.51. The average molecular weight is 302 g/mol. The maximum Gasteiger partial charge on any atom is 0.271 e. The summed E-state index contributed by atoms with van der Waals surface area (Å²) in [7, 11) is 0. The lowest BCUT2D eigenvalue weighted by molar-refractivity contribution is 0.0990. The van der Waals surface area contributed by atoms with Gasteiger partial charge in [-0.15, -0.1) is 5.10 Å². The summed E-state index contributed by atoms with van der Waals surface area (Å²) < 4.78 is 3.83. The molecule has 6 nitrogen and oxygen atoms in total. The molecule has 0 spiro atoms. The smallest absolute Gasteiger partial charge is 0.271 e. The lowest BCUT2D eigenvalue weighted by Crippen LogP contribution is -2.31. The van der Waals surface area contributed by atoms with Crippen molar-refractivity contribution in [2.24, 2.45) is 5.16 Å². The molecule has 0 atom stereocenters. The second kappa shape index (κ2) is 5.61. The van der Waals surface area contributed by atoms with E-state index in [2.05, 4.69) is 14.7 Å². The van der Waals surface area contributed by atoms with Gasteiger partial charge in [-0.2, -0.15) is 0 Å². The van der Waals surface area contributed by atoms with E-state index in [1.54, 1.807) is 11.8 Å². The number of para-hydroxylation sites is 1. The third kappa shape index (κ3) is 2.40. The number of hydrogen-bond acceptors (Lipinski definition) is 6. The van der Waals surface area contributed by atoms with Gasteiger partial charge in [0.15, 0.2) is 0 Å². The first kappa shape index (κ1) is 13.7. The van der Waals surface area contributed by atoms with Crippen molar-refractivity contribution < 1.29 is 10.0 Å². The Bertz CT molecular complexity index is 711. The standard InChI is InChI=1S/C14H14N4O2S/c1-9-13(21-17-15-9)14(19)18-8-4-6-11(16-20)10-5-2-3-7-12(10)18/h2-3,5,7,20H,4,6,8H2,1H3/b16-11-. The predicted molar refractivity (Wildman–Crippen MR) is 80.3 cm³/mol. The number of amides is 1. The van der Waals surface area contributed by atoms with Crippen molar-refractivity contribution in [1.29, 1.82) is 0 Å². The van der Waals surface area contributed by atoms with Crippen molar-refractivity contribution >= 4 is 28.8 Å². The molecule has 21 heavy (non-hydrogen) atoms.